The fourth-order valence-corrected chi connectivity index (χ4v) is 5.45. The van der Waals surface area contributed by atoms with Crippen LogP contribution in [0.1, 0.15) is 39.5 Å². The lowest BCUT2D eigenvalue weighted by Gasteiger charge is -2.49. The molecular weight excluding hydrogens is 318 g/mol. The molecule has 2 saturated carbocycles. The van der Waals surface area contributed by atoms with Crippen LogP contribution in [0.3, 0.4) is 0 Å². The van der Waals surface area contributed by atoms with E-state index in [0.29, 0.717) is 29.9 Å². The van der Waals surface area contributed by atoms with Gasteiger partial charge in [-0.05, 0) is 49.9 Å². The monoisotopic (exact) mass is 349 g/mol. The minimum Gasteiger partial charge on any atom is -0.450 e. The molecule has 1 spiro atoms. The smallest absolute Gasteiger partial charge is 0.409 e. The topological polar surface area (TPSA) is 61.9 Å². The van der Waals surface area contributed by atoms with Gasteiger partial charge in [-0.25, -0.2) is 4.79 Å². The van der Waals surface area contributed by atoms with Crippen molar-refractivity contribution in [2.24, 2.45) is 23.2 Å². The average molecular weight is 349 g/mol. The number of piperidine rings is 1. The molecule has 2 aliphatic carbocycles. The molecule has 4 fully saturated rings. The zero-order valence-electron chi connectivity index (χ0n) is 15.5. The van der Waals surface area contributed by atoms with E-state index < -0.39 is 0 Å². The number of carbonyl (C=O) groups excluding carboxylic acids is 2. The van der Waals surface area contributed by atoms with Crippen molar-refractivity contribution in [3.05, 3.63) is 0 Å². The zero-order valence-corrected chi connectivity index (χ0v) is 15.5. The average Bonchev–Trinajstić information content (AvgIpc) is 2.93. The van der Waals surface area contributed by atoms with Crippen LogP contribution >= 0.6 is 0 Å². The lowest BCUT2D eigenvalue weighted by molar-refractivity contribution is -0.123. The third kappa shape index (κ3) is 3.03. The summed E-state index contributed by atoms with van der Waals surface area (Å²) < 4.78 is 5.14. The number of hydrogen-bond acceptors (Lipinski definition) is 4. The van der Waals surface area contributed by atoms with Crippen LogP contribution in [0.4, 0.5) is 4.79 Å². The van der Waals surface area contributed by atoms with E-state index in [0.717, 1.165) is 45.6 Å². The van der Waals surface area contributed by atoms with Crippen molar-refractivity contribution in [1.82, 2.24) is 15.1 Å². The van der Waals surface area contributed by atoms with Gasteiger partial charge in [0.1, 0.15) is 0 Å². The number of rotatable bonds is 5. The van der Waals surface area contributed by atoms with E-state index >= 15 is 0 Å². The minimum absolute atomic E-state index is 0.147. The Morgan fingerprint density at radius 1 is 1.20 bits per heavy atom. The highest BCUT2D eigenvalue weighted by Crippen LogP contribution is 2.56. The summed E-state index contributed by atoms with van der Waals surface area (Å²) in [4.78, 5) is 28.5. The maximum atomic E-state index is 12.1. The second-order valence-corrected chi connectivity index (χ2v) is 8.53. The Bertz CT molecular complexity index is 534. The number of carbonyl (C=O) groups is 2. The van der Waals surface area contributed by atoms with Crippen LogP contribution in [-0.2, 0) is 9.53 Å². The highest BCUT2D eigenvalue weighted by atomic mass is 16.6. The number of amides is 2. The second kappa shape index (κ2) is 6.45. The summed E-state index contributed by atoms with van der Waals surface area (Å²) in [7, 11) is 0. The van der Waals surface area contributed by atoms with Crippen LogP contribution in [0.5, 0.6) is 0 Å². The van der Waals surface area contributed by atoms with E-state index in [-0.39, 0.29) is 17.9 Å². The molecule has 2 heterocycles. The van der Waals surface area contributed by atoms with Gasteiger partial charge in [-0.15, -0.1) is 0 Å². The molecule has 0 aromatic carbocycles. The molecule has 1 N–H and O–H groups in total. The molecule has 140 valence electrons. The Morgan fingerprint density at radius 2 is 1.92 bits per heavy atom. The van der Waals surface area contributed by atoms with Crippen molar-refractivity contribution in [3.8, 4) is 0 Å². The van der Waals surface area contributed by atoms with Crippen molar-refractivity contribution in [1.29, 1.82) is 0 Å². The van der Waals surface area contributed by atoms with Gasteiger partial charge in [0.05, 0.1) is 6.61 Å². The predicted molar refractivity (Wildman–Crippen MR) is 94.0 cm³/mol. The maximum Gasteiger partial charge on any atom is 0.409 e. The molecule has 2 amide bonds. The largest absolute Gasteiger partial charge is 0.450 e. The molecule has 25 heavy (non-hydrogen) atoms. The number of ether oxygens (including phenoxy) is 1. The lowest BCUT2D eigenvalue weighted by atomic mass is 9.64. The van der Waals surface area contributed by atoms with E-state index in [1.807, 2.05) is 11.8 Å². The summed E-state index contributed by atoms with van der Waals surface area (Å²) in [5, 5.41) is 3.05. The van der Waals surface area contributed by atoms with Crippen LogP contribution in [-0.4, -0.2) is 67.2 Å². The van der Waals surface area contributed by atoms with Gasteiger partial charge >= 0.3 is 6.09 Å². The number of hydrogen-bond donors (Lipinski definition) is 1. The summed E-state index contributed by atoms with van der Waals surface area (Å²) in [6, 6.07) is 0.661. The summed E-state index contributed by atoms with van der Waals surface area (Å²) in [6.45, 7) is 9.11. The third-order valence-electron chi connectivity index (χ3n) is 6.89. The molecule has 4 rings (SSSR count). The highest BCUT2D eigenvalue weighted by molar-refractivity contribution is 5.82. The van der Waals surface area contributed by atoms with Gasteiger partial charge in [-0.2, -0.15) is 0 Å². The normalized spacial score (nSPS) is 39.2. The van der Waals surface area contributed by atoms with Crippen LogP contribution < -0.4 is 5.32 Å². The van der Waals surface area contributed by atoms with E-state index in [9.17, 15) is 9.59 Å². The summed E-state index contributed by atoms with van der Waals surface area (Å²) in [5.74, 6) is 1.74. The summed E-state index contributed by atoms with van der Waals surface area (Å²) in [6.07, 6.45) is 4.38. The van der Waals surface area contributed by atoms with Crippen LogP contribution in [0, 0.1) is 23.2 Å². The Kier molecular flexibility index (Phi) is 4.42. The van der Waals surface area contributed by atoms with Crippen molar-refractivity contribution < 1.29 is 14.3 Å². The number of nitrogens with one attached hydrogen (secondary N) is 1. The van der Waals surface area contributed by atoms with Crippen molar-refractivity contribution in [3.63, 3.8) is 0 Å². The molecule has 0 aromatic heterocycles. The molecule has 0 aromatic rings. The summed E-state index contributed by atoms with van der Waals surface area (Å²) >= 11 is 0. The first-order chi connectivity index (χ1) is 12.1. The van der Waals surface area contributed by atoms with Crippen LogP contribution in [0.15, 0.2) is 0 Å². The van der Waals surface area contributed by atoms with Crippen LogP contribution in [0.2, 0.25) is 0 Å². The minimum atomic E-state index is -0.147. The molecule has 0 bridgehead atoms. The highest BCUT2D eigenvalue weighted by Gasteiger charge is 2.62. The standard InChI is InChI=1S/C19H31N3O3/c1-3-6-20-17(23)16-14-10-22(11-15(14)16)13-8-19(9-13)5-7-21(12-19)18(24)25-4-2/h13-16H,3-12H2,1-2H3,(H,20,23). The van der Waals surface area contributed by atoms with Gasteiger partial charge in [0.2, 0.25) is 5.91 Å². The Balaban J connectivity index is 1.21. The van der Waals surface area contributed by atoms with Gasteiger partial charge < -0.3 is 15.0 Å². The molecule has 2 aliphatic heterocycles. The Labute approximate surface area is 150 Å². The Morgan fingerprint density at radius 3 is 2.56 bits per heavy atom. The summed E-state index contributed by atoms with van der Waals surface area (Å²) in [5.41, 5.74) is 0.335. The van der Waals surface area contributed by atoms with Gasteiger partial charge in [0.25, 0.3) is 0 Å². The first-order valence-corrected chi connectivity index (χ1v) is 10.0. The Hall–Kier alpha value is -1.30. The van der Waals surface area contributed by atoms with E-state index in [1.54, 1.807) is 0 Å². The predicted octanol–water partition coefficient (Wildman–Crippen LogP) is 1.70. The van der Waals surface area contributed by atoms with E-state index in [4.69, 9.17) is 4.74 Å². The van der Waals surface area contributed by atoms with Crippen molar-refractivity contribution in [2.75, 3.05) is 39.3 Å². The molecule has 4 aliphatic rings. The fourth-order valence-electron chi connectivity index (χ4n) is 5.45. The quantitative estimate of drug-likeness (QED) is 0.821. The van der Waals surface area contributed by atoms with E-state index in [1.165, 1.54) is 12.8 Å². The van der Waals surface area contributed by atoms with Gasteiger partial charge in [-0.1, -0.05) is 6.92 Å². The van der Waals surface area contributed by atoms with Gasteiger partial charge in [-0.3, -0.25) is 9.69 Å². The molecule has 6 nitrogen and oxygen atoms in total. The van der Waals surface area contributed by atoms with Crippen LogP contribution in [0.25, 0.3) is 0 Å². The van der Waals surface area contributed by atoms with Crippen molar-refractivity contribution >= 4 is 12.0 Å². The molecular formula is C19H31N3O3. The molecule has 2 saturated heterocycles. The first-order valence-electron chi connectivity index (χ1n) is 10.0. The SMILES string of the molecule is CCCNC(=O)C1C2CN(C3CC4(CCN(C(=O)OCC)C4)C3)CC21. The molecule has 2 atom stereocenters. The second-order valence-electron chi connectivity index (χ2n) is 8.53. The van der Waals surface area contributed by atoms with Gasteiger partial charge in [0.15, 0.2) is 0 Å². The number of likely N-dealkylation sites (tertiary alicyclic amines) is 2. The number of fused-ring (bicyclic) bond motifs is 1. The fraction of sp³-hybridized carbons (Fsp3) is 0.895. The van der Waals surface area contributed by atoms with Gasteiger partial charge in [0, 0.05) is 44.7 Å². The van der Waals surface area contributed by atoms with Crippen molar-refractivity contribution in [2.45, 2.75) is 45.6 Å². The molecule has 2 unspecified atom stereocenters. The maximum absolute atomic E-state index is 12.1. The lowest BCUT2D eigenvalue weighted by Crippen LogP contribution is -2.52. The zero-order chi connectivity index (χ0) is 17.6. The molecule has 6 heteroatoms. The third-order valence-corrected chi connectivity index (χ3v) is 6.89. The number of nitrogens with zero attached hydrogens (tertiary/aromatic N) is 2. The van der Waals surface area contributed by atoms with E-state index in [2.05, 4.69) is 17.1 Å². The first kappa shape index (κ1) is 17.1. The molecule has 0 radical (unpaired) electrons.